The highest BCUT2D eigenvalue weighted by Gasteiger charge is 2.50. The van der Waals surface area contributed by atoms with Crippen molar-refractivity contribution in [1.82, 2.24) is 0 Å². The van der Waals surface area contributed by atoms with Crippen molar-refractivity contribution < 1.29 is 69.6 Å². The third-order valence-electron chi connectivity index (χ3n) is 5.64. The Bertz CT molecular complexity index is 581. The van der Waals surface area contributed by atoms with Gasteiger partial charge in [-0.3, -0.25) is 0 Å². The first-order chi connectivity index (χ1) is 14.5. The number of aliphatic hydroxyl groups excluding tert-OH is 9. The van der Waals surface area contributed by atoms with E-state index in [1.165, 1.54) is 6.92 Å². The van der Waals surface area contributed by atoms with Crippen molar-refractivity contribution in [1.29, 1.82) is 0 Å². The summed E-state index contributed by atoms with van der Waals surface area (Å²) in [6.45, 7) is 0.637. The second-order valence-corrected chi connectivity index (χ2v) is 7.91. The summed E-state index contributed by atoms with van der Waals surface area (Å²) >= 11 is 0. The summed E-state index contributed by atoms with van der Waals surface area (Å²) in [6.07, 6.45) is -21.0. The van der Waals surface area contributed by atoms with Gasteiger partial charge in [-0.25, -0.2) is 0 Å². The summed E-state index contributed by atoms with van der Waals surface area (Å²) in [7, 11) is 0. The zero-order valence-electron chi connectivity index (χ0n) is 16.6. The van der Waals surface area contributed by atoms with Crippen molar-refractivity contribution >= 4 is 0 Å². The minimum absolute atomic E-state index is 0.305. The Balaban J connectivity index is 1.56. The molecule has 0 aromatic heterocycles. The summed E-state index contributed by atoms with van der Waals surface area (Å²) in [5.74, 6) is 0. The summed E-state index contributed by atoms with van der Waals surface area (Å²) in [4.78, 5) is 0. The van der Waals surface area contributed by atoms with E-state index in [0.717, 1.165) is 0 Å². The van der Waals surface area contributed by atoms with Crippen LogP contribution >= 0.6 is 0 Å². The van der Waals surface area contributed by atoms with Crippen LogP contribution in [-0.4, -0.2) is 145 Å². The van der Waals surface area contributed by atoms with E-state index in [1.807, 2.05) is 0 Å². The van der Waals surface area contributed by atoms with Crippen molar-refractivity contribution in [2.24, 2.45) is 0 Å². The molecule has 14 heteroatoms. The van der Waals surface area contributed by atoms with Crippen LogP contribution in [0.15, 0.2) is 0 Å². The molecule has 0 spiro atoms. The molecule has 3 aliphatic heterocycles. The Labute approximate surface area is 176 Å². The van der Waals surface area contributed by atoms with Crippen molar-refractivity contribution in [3.8, 4) is 0 Å². The molecule has 3 saturated heterocycles. The van der Waals surface area contributed by atoms with E-state index >= 15 is 0 Å². The lowest BCUT2D eigenvalue weighted by atomic mass is 9.97. The first kappa shape index (κ1) is 25.1. The Kier molecular flexibility index (Phi) is 8.21. The highest BCUT2D eigenvalue weighted by Crippen LogP contribution is 2.29. The minimum atomic E-state index is -1.81. The van der Waals surface area contributed by atoms with Crippen LogP contribution in [0.2, 0.25) is 0 Å². The van der Waals surface area contributed by atoms with Gasteiger partial charge < -0.3 is 69.6 Å². The predicted molar refractivity (Wildman–Crippen MR) is 93.8 cm³/mol. The molecule has 0 amide bonds. The van der Waals surface area contributed by atoms with Crippen molar-refractivity contribution in [3.05, 3.63) is 0 Å². The quantitative estimate of drug-likeness (QED) is 0.187. The summed E-state index contributed by atoms with van der Waals surface area (Å²) < 4.78 is 26.1. The molecule has 3 rings (SSSR count). The average Bonchev–Trinajstić information content (AvgIpc) is 2.74. The van der Waals surface area contributed by atoms with E-state index in [2.05, 4.69) is 0 Å². The highest BCUT2D eigenvalue weighted by molar-refractivity contribution is 4.93. The molecular formula is C17H30O14. The summed E-state index contributed by atoms with van der Waals surface area (Å²) in [5.41, 5.74) is 0. The second kappa shape index (κ2) is 10.1. The molecule has 182 valence electrons. The van der Waals surface area contributed by atoms with Crippen LogP contribution in [0.1, 0.15) is 6.92 Å². The normalized spacial score (nSPS) is 54.0. The molecule has 14 atom stereocenters. The molecular weight excluding hydrogens is 428 g/mol. The molecule has 3 aliphatic rings. The molecule has 3 heterocycles. The predicted octanol–water partition coefficient (Wildman–Crippen LogP) is -5.91. The molecule has 9 N–H and O–H groups in total. The third kappa shape index (κ3) is 5.18. The van der Waals surface area contributed by atoms with Gasteiger partial charge in [0, 0.05) is 0 Å². The van der Waals surface area contributed by atoms with Gasteiger partial charge in [0.05, 0.1) is 19.3 Å². The molecule has 0 saturated carbocycles. The fourth-order valence-corrected chi connectivity index (χ4v) is 3.60. The average molecular weight is 458 g/mol. The summed E-state index contributed by atoms with van der Waals surface area (Å²) in [6, 6.07) is 0. The lowest BCUT2D eigenvalue weighted by Gasteiger charge is -2.45. The first-order valence-electron chi connectivity index (χ1n) is 9.85. The van der Waals surface area contributed by atoms with Gasteiger partial charge in [-0.1, -0.05) is 0 Å². The zero-order chi connectivity index (χ0) is 23.0. The van der Waals surface area contributed by atoms with E-state index in [0.29, 0.717) is 0 Å². The molecule has 0 bridgehead atoms. The third-order valence-corrected chi connectivity index (χ3v) is 5.64. The van der Waals surface area contributed by atoms with Crippen molar-refractivity contribution in [2.45, 2.75) is 92.9 Å². The number of rotatable bonds is 5. The highest BCUT2D eigenvalue weighted by atomic mass is 16.7. The van der Waals surface area contributed by atoms with Gasteiger partial charge in [-0.05, 0) is 6.92 Å². The van der Waals surface area contributed by atoms with E-state index in [1.54, 1.807) is 0 Å². The molecule has 0 aromatic carbocycles. The van der Waals surface area contributed by atoms with Gasteiger partial charge in [0.25, 0.3) is 0 Å². The van der Waals surface area contributed by atoms with Crippen LogP contribution in [0.5, 0.6) is 0 Å². The fourth-order valence-electron chi connectivity index (χ4n) is 3.60. The fraction of sp³-hybridized carbons (Fsp3) is 1.00. The maximum Gasteiger partial charge on any atom is 0.187 e. The van der Waals surface area contributed by atoms with Crippen LogP contribution in [0.3, 0.4) is 0 Å². The maximum absolute atomic E-state index is 10.4. The topological polar surface area (TPSA) is 228 Å². The van der Waals surface area contributed by atoms with Gasteiger partial charge in [0.1, 0.15) is 61.0 Å². The zero-order valence-corrected chi connectivity index (χ0v) is 16.6. The molecule has 31 heavy (non-hydrogen) atoms. The molecule has 0 unspecified atom stereocenters. The lowest BCUT2D eigenvalue weighted by Crippen LogP contribution is -2.64. The van der Waals surface area contributed by atoms with Crippen molar-refractivity contribution in [2.75, 3.05) is 13.2 Å². The first-order valence-corrected chi connectivity index (χ1v) is 9.85. The smallest absolute Gasteiger partial charge is 0.187 e. The van der Waals surface area contributed by atoms with E-state index in [4.69, 9.17) is 23.7 Å². The van der Waals surface area contributed by atoms with E-state index < -0.39 is 92.6 Å². The molecule has 0 aliphatic carbocycles. The van der Waals surface area contributed by atoms with Gasteiger partial charge >= 0.3 is 0 Å². The molecule has 0 radical (unpaired) electrons. The number of ether oxygens (including phenoxy) is 5. The largest absolute Gasteiger partial charge is 0.388 e. The molecule has 3 fully saturated rings. The number of aliphatic hydroxyl groups is 9. The number of hydrogen-bond acceptors (Lipinski definition) is 14. The van der Waals surface area contributed by atoms with Crippen molar-refractivity contribution in [3.63, 3.8) is 0 Å². The molecule has 0 aromatic rings. The molecule has 14 nitrogen and oxygen atoms in total. The maximum atomic E-state index is 10.4. The van der Waals surface area contributed by atoms with E-state index in [-0.39, 0.29) is 6.61 Å². The van der Waals surface area contributed by atoms with E-state index in [9.17, 15) is 46.0 Å². The Morgan fingerprint density at radius 2 is 1.35 bits per heavy atom. The summed E-state index contributed by atoms with van der Waals surface area (Å²) in [5, 5.41) is 89.4. The van der Waals surface area contributed by atoms with Gasteiger partial charge in [0.15, 0.2) is 18.9 Å². The second-order valence-electron chi connectivity index (χ2n) is 7.91. The Morgan fingerprint density at radius 3 is 2.03 bits per heavy atom. The van der Waals surface area contributed by atoms with Crippen LogP contribution in [0.4, 0.5) is 0 Å². The van der Waals surface area contributed by atoms with Crippen LogP contribution in [-0.2, 0) is 23.7 Å². The van der Waals surface area contributed by atoms with Gasteiger partial charge in [-0.2, -0.15) is 0 Å². The standard InChI is InChI=1S/C17H30O14/c1-4-7(19)10(22)13(25)17(29-4)31-14-11(23)9(21)6(30-15(14)26)3-28-16-12(24)8(20)5(18)2-27-16/h4-26H,2-3H2,1H3/t4-,5+,6+,7-,8-,9+,10+,11-,12+,13+,14+,15+,16-,17-/m0/s1. The monoisotopic (exact) mass is 458 g/mol. The minimum Gasteiger partial charge on any atom is -0.388 e. The Hall–Kier alpha value is -0.560. The number of hydrogen-bond donors (Lipinski definition) is 9. The van der Waals surface area contributed by atoms with Crippen LogP contribution in [0.25, 0.3) is 0 Å². The SMILES string of the molecule is C[C@@H]1O[C@@H](O[C@@H]2[C@@H](O)[C@H](O)[C@@H](CO[C@@H]3OC[C@@H](O)[C@H](O)[C@H]3O)O[C@H]2O)[C@H](O)[C@H](O)[C@H]1O. The lowest BCUT2D eigenvalue weighted by molar-refractivity contribution is -0.362. The van der Waals surface area contributed by atoms with Crippen LogP contribution < -0.4 is 0 Å². The van der Waals surface area contributed by atoms with Gasteiger partial charge in [0.2, 0.25) is 0 Å². The van der Waals surface area contributed by atoms with Gasteiger partial charge in [-0.15, -0.1) is 0 Å². The Morgan fingerprint density at radius 1 is 0.710 bits per heavy atom. The van der Waals surface area contributed by atoms with Crippen LogP contribution in [0, 0.1) is 0 Å².